The summed E-state index contributed by atoms with van der Waals surface area (Å²) < 4.78 is 0. The summed E-state index contributed by atoms with van der Waals surface area (Å²) in [5.74, 6) is 0.215. The van der Waals surface area contributed by atoms with Crippen molar-refractivity contribution >= 4 is 23.2 Å². The molecule has 0 fully saturated rings. The fourth-order valence-electron chi connectivity index (χ4n) is 3.63. The van der Waals surface area contributed by atoms with Gasteiger partial charge in [0.15, 0.2) is 5.82 Å². The maximum Gasteiger partial charge on any atom is 0.255 e. The molecule has 3 aromatic rings. The predicted octanol–water partition coefficient (Wildman–Crippen LogP) is 3.69. The van der Waals surface area contributed by atoms with Crippen LogP contribution in [0.3, 0.4) is 0 Å². The molecule has 2 amide bonds. The van der Waals surface area contributed by atoms with Crippen molar-refractivity contribution in [3.8, 4) is 11.4 Å². The third-order valence-corrected chi connectivity index (χ3v) is 6.27. The molecule has 0 aliphatic carbocycles. The molecule has 1 unspecified atom stereocenters. The minimum Gasteiger partial charge on any atom is -0.340 e. The number of hydrogen-bond donors (Lipinski definition) is 1. The molecule has 1 N–H and O–H groups in total. The molecule has 0 radical (unpaired) electrons. The van der Waals surface area contributed by atoms with E-state index in [0.717, 1.165) is 18.4 Å². The van der Waals surface area contributed by atoms with E-state index in [1.807, 2.05) is 42.2 Å². The average Bonchev–Trinajstić information content (AvgIpc) is 3.27. The Morgan fingerprint density at radius 1 is 1.17 bits per heavy atom. The van der Waals surface area contributed by atoms with Crippen molar-refractivity contribution in [2.45, 2.75) is 38.8 Å². The summed E-state index contributed by atoms with van der Waals surface area (Å²) in [4.78, 5) is 37.7. The molecule has 0 bridgehead atoms. The zero-order valence-corrected chi connectivity index (χ0v) is 17.7. The molecular formula is C23H24N4O2S. The highest BCUT2D eigenvalue weighted by atomic mass is 32.1. The number of thiophene rings is 1. The lowest BCUT2D eigenvalue weighted by Gasteiger charge is -2.30. The molecule has 2 aromatic heterocycles. The Morgan fingerprint density at radius 2 is 1.93 bits per heavy atom. The third kappa shape index (κ3) is 4.41. The van der Waals surface area contributed by atoms with Crippen molar-refractivity contribution in [2.75, 3.05) is 6.54 Å². The van der Waals surface area contributed by atoms with Crippen molar-refractivity contribution in [1.29, 1.82) is 0 Å². The number of fused-ring (bicyclic) bond motifs is 1. The second kappa shape index (κ2) is 9.17. The molecule has 1 aromatic carbocycles. The monoisotopic (exact) mass is 420 g/mol. The van der Waals surface area contributed by atoms with Gasteiger partial charge in [-0.1, -0.05) is 43.7 Å². The summed E-state index contributed by atoms with van der Waals surface area (Å²) in [5, 5.41) is 4.97. The lowest BCUT2D eigenvalue weighted by atomic mass is 10.1. The first kappa shape index (κ1) is 20.2. The van der Waals surface area contributed by atoms with Crippen molar-refractivity contribution < 1.29 is 9.59 Å². The minimum atomic E-state index is -0.545. The number of carbonyl (C=O) groups is 2. The molecule has 3 heterocycles. The predicted molar refractivity (Wildman–Crippen MR) is 117 cm³/mol. The van der Waals surface area contributed by atoms with Crippen LogP contribution in [0.25, 0.3) is 11.4 Å². The summed E-state index contributed by atoms with van der Waals surface area (Å²) in [6.45, 7) is 3.32. The summed E-state index contributed by atoms with van der Waals surface area (Å²) in [5.41, 5.74) is 2.45. The van der Waals surface area contributed by atoms with Crippen LogP contribution in [0.1, 0.15) is 40.6 Å². The fraction of sp³-hybridized carbons (Fsp3) is 0.304. The molecule has 0 saturated heterocycles. The van der Waals surface area contributed by atoms with Crippen LogP contribution in [0.5, 0.6) is 0 Å². The van der Waals surface area contributed by atoms with Crippen LogP contribution in [0.4, 0.5) is 0 Å². The number of benzene rings is 1. The Labute approximate surface area is 180 Å². The summed E-state index contributed by atoms with van der Waals surface area (Å²) in [7, 11) is 0. The van der Waals surface area contributed by atoms with E-state index in [1.54, 1.807) is 11.3 Å². The van der Waals surface area contributed by atoms with Crippen LogP contribution in [-0.4, -0.2) is 39.3 Å². The number of aromatic nitrogens is 2. The van der Waals surface area contributed by atoms with Crippen LogP contribution in [0.2, 0.25) is 0 Å². The quantitative estimate of drug-likeness (QED) is 0.660. The van der Waals surface area contributed by atoms with Crippen molar-refractivity contribution in [1.82, 2.24) is 20.2 Å². The van der Waals surface area contributed by atoms with E-state index in [-0.39, 0.29) is 11.8 Å². The Hall–Kier alpha value is -3.06. The first-order chi connectivity index (χ1) is 14.7. The van der Waals surface area contributed by atoms with Gasteiger partial charge in [-0.3, -0.25) is 9.59 Å². The Bertz CT molecular complexity index is 1020. The van der Waals surface area contributed by atoms with Crippen molar-refractivity contribution in [3.05, 3.63) is 70.2 Å². The molecule has 6 nitrogen and oxygen atoms in total. The van der Waals surface area contributed by atoms with E-state index in [1.165, 1.54) is 22.8 Å². The van der Waals surface area contributed by atoms with Crippen LogP contribution in [0, 0.1) is 0 Å². The highest BCUT2D eigenvalue weighted by molar-refractivity contribution is 7.10. The standard InChI is InChI=1S/C23H24N4O2S/c1-2-6-19(23(29)27-11-9-20-17(15-27)10-12-30-20)26-22(28)18-13-24-21(25-14-18)16-7-4-3-5-8-16/h3-5,7-8,10,12-14,19H,2,6,9,11,15H2,1H3,(H,26,28). The lowest BCUT2D eigenvalue weighted by molar-refractivity contribution is -0.134. The first-order valence-electron chi connectivity index (χ1n) is 10.2. The number of rotatable bonds is 6. The molecule has 0 spiro atoms. The zero-order chi connectivity index (χ0) is 20.9. The third-order valence-electron chi connectivity index (χ3n) is 5.25. The summed E-state index contributed by atoms with van der Waals surface area (Å²) >= 11 is 1.74. The van der Waals surface area contributed by atoms with Gasteiger partial charge >= 0.3 is 0 Å². The van der Waals surface area contributed by atoms with Crippen LogP contribution >= 0.6 is 11.3 Å². The van der Waals surface area contributed by atoms with Gasteiger partial charge in [-0.2, -0.15) is 0 Å². The molecule has 1 aliphatic heterocycles. The molecule has 154 valence electrons. The average molecular weight is 421 g/mol. The van der Waals surface area contributed by atoms with Gasteiger partial charge in [0.25, 0.3) is 5.91 Å². The second-order valence-electron chi connectivity index (χ2n) is 7.35. The highest BCUT2D eigenvalue weighted by Crippen LogP contribution is 2.24. The number of amides is 2. The van der Waals surface area contributed by atoms with Crippen LogP contribution < -0.4 is 5.32 Å². The van der Waals surface area contributed by atoms with Crippen molar-refractivity contribution in [3.63, 3.8) is 0 Å². The second-order valence-corrected chi connectivity index (χ2v) is 8.36. The SMILES string of the molecule is CCCC(NC(=O)c1cnc(-c2ccccc2)nc1)C(=O)N1CCc2sccc2C1. The van der Waals surface area contributed by atoms with Gasteiger partial charge in [-0.25, -0.2) is 9.97 Å². The Morgan fingerprint density at radius 3 is 2.67 bits per heavy atom. The van der Waals surface area contributed by atoms with Crippen molar-refractivity contribution in [2.24, 2.45) is 0 Å². The zero-order valence-electron chi connectivity index (χ0n) is 16.9. The largest absolute Gasteiger partial charge is 0.340 e. The van der Waals surface area contributed by atoms with Gasteiger partial charge < -0.3 is 10.2 Å². The van der Waals surface area contributed by atoms with Gasteiger partial charge in [-0.05, 0) is 29.9 Å². The fourth-order valence-corrected chi connectivity index (χ4v) is 4.52. The summed E-state index contributed by atoms with van der Waals surface area (Å²) in [6, 6.07) is 11.1. The van der Waals surface area contributed by atoms with Gasteiger partial charge in [-0.15, -0.1) is 11.3 Å². The minimum absolute atomic E-state index is 0.0242. The van der Waals surface area contributed by atoms with E-state index >= 15 is 0 Å². The lowest BCUT2D eigenvalue weighted by Crippen LogP contribution is -2.49. The highest BCUT2D eigenvalue weighted by Gasteiger charge is 2.28. The number of nitrogens with zero attached hydrogens (tertiary/aromatic N) is 3. The van der Waals surface area contributed by atoms with Gasteiger partial charge in [0.1, 0.15) is 6.04 Å². The smallest absolute Gasteiger partial charge is 0.255 e. The molecule has 1 aliphatic rings. The molecule has 30 heavy (non-hydrogen) atoms. The van der Waals surface area contributed by atoms with Crippen LogP contribution in [0.15, 0.2) is 54.2 Å². The van der Waals surface area contributed by atoms with E-state index < -0.39 is 6.04 Å². The molecule has 1 atom stereocenters. The summed E-state index contributed by atoms with van der Waals surface area (Å²) in [6.07, 6.45) is 5.30. The normalized spacial score (nSPS) is 14.1. The van der Waals surface area contributed by atoms with E-state index in [0.29, 0.717) is 30.9 Å². The Balaban J connectivity index is 1.43. The van der Waals surface area contributed by atoms with Crippen LogP contribution in [-0.2, 0) is 17.8 Å². The molecular weight excluding hydrogens is 396 g/mol. The van der Waals surface area contributed by atoms with Gasteiger partial charge in [0.05, 0.1) is 5.56 Å². The first-order valence-corrected chi connectivity index (χ1v) is 11.1. The topological polar surface area (TPSA) is 75.2 Å². The number of nitrogens with one attached hydrogen (secondary N) is 1. The van der Waals surface area contributed by atoms with Gasteiger partial charge in [0, 0.05) is 35.9 Å². The van der Waals surface area contributed by atoms with E-state index in [4.69, 9.17) is 0 Å². The maximum absolute atomic E-state index is 13.1. The molecule has 0 saturated carbocycles. The van der Waals surface area contributed by atoms with E-state index in [2.05, 4.69) is 26.7 Å². The Kier molecular flexibility index (Phi) is 6.18. The number of hydrogen-bond acceptors (Lipinski definition) is 5. The number of carbonyl (C=O) groups excluding carboxylic acids is 2. The molecule has 7 heteroatoms. The molecule has 4 rings (SSSR count). The van der Waals surface area contributed by atoms with Gasteiger partial charge in [0.2, 0.25) is 5.91 Å². The maximum atomic E-state index is 13.1. The van der Waals surface area contributed by atoms with E-state index in [9.17, 15) is 9.59 Å².